The maximum absolute atomic E-state index is 13.5. The molecule has 2 aliphatic rings. The summed E-state index contributed by atoms with van der Waals surface area (Å²) in [6.45, 7) is 8.65. The average molecular weight is 526 g/mol. The third kappa shape index (κ3) is 5.39. The molecule has 0 radical (unpaired) electrons. The highest BCUT2D eigenvalue weighted by atomic mass is 16.5. The van der Waals surface area contributed by atoms with Crippen LogP contribution < -0.4 is 14.5 Å². The first-order valence-electron chi connectivity index (χ1n) is 13.7. The van der Waals surface area contributed by atoms with Gasteiger partial charge in [0.05, 0.1) is 17.9 Å². The molecule has 3 aromatic rings. The van der Waals surface area contributed by atoms with Crippen molar-refractivity contribution in [2.75, 3.05) is 29.5 Å². The minimum Gasteiger partial charge on any atom is -0.507 e. The minimum atomic E-state index is -0.857. The Morgan fingerprint density at radius 2 is 1.72 bits per heavy atom. The molecule has 2 aromatic carbocycles. The van der Waals surface area contributed by atoms with E-state index in [9.17, 15) is 14.7 Å². The lowest BCUT2D eigenvalue weighted by Crippen LogP contribution is -2.31. The normalized spacial score (nSPS) is 19.1. The Morgan fingerprint density at radius 1 is 1.00 bits per heavy atom. The van der Waals surface area contributed by atoms with Gasteiger partial charge in [0.2, 0.25) is 0 Å². The number of nitrogens with zero attached hydrogens (tertiary/aromatic N) is 3. The molecule has 0 bridgehead atoms. The summed E-state index contributed by atoms with van der Waals surface area (Å²) >= 11 is 0. The van der Waals surface area contributed by atoms with Crippen LogP contribution in [0.1, 0.15) is 56.0 Å². The number of ketones is 1. The zero-order valence-corrected chi connectivity index (χ0v) is 22.8. The summed E-state index contributed by atoms with van der Waals surface area (Å²) in [6.07, 6.45) is 5.21. The second-order valence-electron chi connectivity index (χ2n) is 10.7. The van der Waals surface area contributed by atoms with Crippen LogP contribution in [0, 0.1) is 12.8 Å². The summed E-state index contributed by atoms with van der Waals surface area (Å²) in [5.41, 5.74) is 3.49. The number of aliphatic hydroxyl groups is 1. The Balaban J connectivity index is 1.54. The van der Waals surface area contributed by atoms with Gasteiger partial charge in [0.15, 0.2) is 0 Å². The van der Waals surface area contributed by atoms with Crippen LogP contribution in [0.5, 0.6) is 5.75 Å². The van der Waals surface area contributed by atoms with Gasteiger partial charge in [-0.1, -0.05) is 19.9 Å². The molecule has 2 fully saturated rings. The number of aliphatic hydroxyl groups excluding tert-OH is 1. The number of piperidine rings is 1. The van der Waals surface area contributed by atoms with Crippen LogP contribution in [0.25, 0.3) is 5.76 Å². The Kier molecular flexibility index (Phi) is 7.68. The molecule has 7 heteroatoms. The monoisotopic (exact) mass is 525 g/mol. The molecule has 2 saturated heterocycles. The average Bonchev–Trinajstić information content (AvgIpc) is 3.23. The number of pyridine rings is 1. The quantitative estimate of drug-likeness (QED) is 0.230. The molecule has 0 spiro atoms. The molecular formula is C32H35N3O4. The zero-order valence-electron chi connectivity index (χ0n) is 22.8. The smallest absolute Gasteiger partial charge is 0.300 e. The van der Waals surface area contributed by atoms with E-state index in [1.54, 1.807) is 36.5 Å². The van der Waals surface area contributed by atoms with Crippen molar-refractivity contribution in [3.8, 4) is 5.75 Å². The molecule has 1 atom stereocenters. The summed E-state index contributed by atoms with van der Waals surface area (Å²) < 4.78 is 5.87. The van der Waals surface area contributed by atoms with E-state index >= 15 is 0 Å². The van der Waals surface area contributed by atoms with Crippen LogP contribution >= 0.6 is 0 Å². The molecule has 1 amide bonds. The second kappa shape index (κ2) is 11.3. The standard InChI is InChI=1S/C32H35N3O4/c1-21(2)20-39-27-15-10-23(19-22(27)3)30(36)28-29(26-9-5-6-16-33-26)35(32(38)31(28)37)25-13-11-24(12-14-25)34-17-7-4-8-18-34/h5-6,9-16,19,21,29,36H,4,7-8,17-18,20H2,1-3H3/b30-28-. The third-order valence-electron chi connectivity index (χ3n) is 7.28. The Bertz CT molecular complexity index is 1380. The summed E-state index contributed by atoms with van der Waals surface area (Å²) in [4.78, 5) is 35.2. The predicted octanol–water partition coefficient (Wildman–Crippen LogP) is 6.04. The van der Waals surface area contributed by atoms with E-state index in [0.29, 0.717) is 29.5 Å². The Labute approximate surface area is 229 Å². The topological polar surface area (TPSA) is 83.0 Å². The van der Waals surface area contributed by atoms with Gasteiger partial charge in [0.25, 0.3) is 11.7 Å². The van der Waals surface area contributed by atoms with Crippen molar-refractivity contribution in [2.45, 2.75) is 46.1 Å². The van der Waals surface area contributed by atoms with Gasteiger partial charge in [-0.15, -0.1) is 0 Å². The maximum Gasteiger partial charge on any atom is 0.300 e. The first kappa shape index (κ1) is 26.5. The fourth-order valence-electron chi connectivity index (χ4n) is 5.26. The largest absolute Gasteiger partial charge is 0.507 e. The number of aromatic nitrogens is 1. The number of carbonyl (C=O) groups excluding carboxylic acids is 2. The summed E-state index contributed by atoms with van der Waals surface area (Å²) in [5.74, 6) is -0.556. The molecule has 3 heterocycles. The fraction of sp³-hybridized carbons (Fsp3) is 0.344. The highest BCUT2D eigenvalue weighted by Crippen LogP contribution is 2.42. The highest BCUT2D eigenvalue weighted by Gasteiger charge is 2.47. The van der Waals surface area contributed by atoms with Gasteiger partial charge in [0, 0.05) is 36.2 Å². The molecule has 39 heavy (non-hydrogen) atoms. The van der Waals surface area contributed by atoms with Crippen molar-refractivity contribution >= 4 is 28.8 Å². The van der Waals surface area contributed by atoms with E-state index in [0.717, 1.165) is 30.1 Å². The van der Waals surface area contributed by atoms with E-state index in [-0.39, 0.29) is 11.3 Å². The number of rotatable bonds is 7. The molecular weight excluding hydrogens is 490 g/mol. The van der Waals surface area contributed by atoms with Crippen LogP contribution in [0.3, 0.4) is 0 Å². The van der Waals surface area contributed by atoms with Crippen molar-refractivity contribution in [3.63, 3.8) is 0 Å². The summed E-state index contributed by atoms with van der Waals surface area (Å²) in [7, 11) is 0. The summed E-state index contributed by atoms with van der Waals surface area (Å²) in [5, 5.41) is 11.5. The van der Waals surface area contributed by atoms with Gasteiger partial charge in [-0.05, 0) is 92.3 Å². The Hall–Kier alpha value is -4.13. The highest BCUT2D eigenvalue weighted by molar-refractivity contribution is 6.51. The lowest BCUT2D eigenvalue weighted by Gasteiger charge is -2.30. The van der Waals surface area contributed by atoms with Crippen LogP contribution in [0.2, 0.25) is 0 Å². The number of amides is 1. The van der Waals surface area contributed by atoms with E-state index < -0.39 is 17.7 Å². The number of aryl methyl sites for hydroxylation is 1. The fourth-order valence-corrected chi connectivity index (χ4v) is 5.26. The number of hydrogen-bond acceptors (Lipinski definition) is 6. The maximum atomic E-state index is 13.5. The van der Waals surface area contributed by atoms with Crippen molar-refractivity contribution in [1.29, 1.82) is 0 Å². The van der Waals surface area contributed by atoms with Gasteiger partial charge >= 0.3 is 0 Å². The minimum absolute atomic E-state index is 0.0223. The first-order chi connectivity index (χ1) is 18.8. The van der Waals surface area contributed by atoms with Crippen molar-refractivity contribution in [1.82, 2.24) is 4.98 Å². The number of Topliss-reactive ketones (excluding diaryl/α,β-unsaturated/α-hetero) is 1. The van der Waals surface area contributed by atoms with E-state index in [4.69, 9.17) is 4.74 Å². The van der Waals surface area contributed by atoms with Crippen LogP contribution in [0.4, 0.5) is 11.4 Å². The SMILES string of the molecule is Cc1cc(/C(O)=C2/C(=O)C(=O)N(c3ccc(N4CCCCC4)cc3)C2c2ccccn2)ccc1OCC(C)C. The van der Waals surface area contributed by atoms with E-state index in [1.165, 1.54) is 24.2 Å². The first-order valence-corrected chi connectivity index (χ1v) is 13.7. The number of anilines is 2. The van der Waals surface area contributed by atoms with Crippen molar-refractivity contribution in [2.24, 2.45) is 5.92 Å². The van der Waals surface area contributed by atoms with E-state index in [2.05, 4.69) is 23.7 Å². The molecule has 5 rings (SSSR count). The molecule has 202 valence electrons. The van der Waals surface area contributed by atoms with Gasteiger partial charge in [-0.3, -0.25) is 19.5 Å². The molecule has 2 aliphatic heterocycles. The predicted molar refractivity (Wildman–Crippen MR) is 153 cm³/mol. The Morgan fingerprint density at radius 3 is 2.36 bits per heavy atom. The summed E-state index contributed by atoms with van der Waals surface area (Å²) in [6, 6.07) is 17.5. The van der Waals surface area contributed by atoms with Gasteiger partial charge in [0.1, 0.15) is 17.6 Å². The molecule has 1 N–H and O–H groups in total. The zero-order chi connectivity index (χ0) is 27.5. The second-order valence-corrected chi connectivity index (χ2v) is 10.7. The lowest BCUT2D eigenvalue weighted by atomic mass is 9.97. The van der Waals surface area contributed by atoms with Crippen molar-refractivity contribution < 1.29 is 19.4 Å². The van der Waals surface area contributed by atoms with Crippen LogP contribution in [0.15, 0.2) is 72.4 Å². The lowest BCUT2D eigenvalue weighted by molar-refractivity contribution is -0.132. The van der Waals surface area contributed by atoms with Crippen LogP contribution in [-0.2, 0) is 9.59 Å². The van der Waals surface area contributed by atoms with Crippen LogP contribution in [-0.4, -0.2) is 41.5 Å². The molecule has 0 saturated carbocycles. The third-order valence-corrected chi connectivity index (χ3v) is 7.28. The molecule has 0 aliphatic carbocycles. The number of hydrogen-bond donors (Lipinski definition) is 1. The molecule has 1 unspecified atom stereocenters. The van der Waals surface area contributed by atoms with Gasteiger partial charge < -0.3 is 14.7 Å². The van der Waals surface area contributed by atoms with Gasteiger partial charge in [-0.25, -0.2) is 0 Å². The number of carbonyl (C=O) groups is 2. The van der Waals surface area contributed by atoms with Gasteiger partial charge in [-0.2, -0.15) is 0 Å². The molecule has 1 aromatic heterocycles. The number of ether oxygens (including phenoxy) is 1. The number of benzene rings is 2. The van der Waals surface area contributed by atoms with E-state index in [1.807, 2.05) is 37.3 Å². The molecule has 7 nitrogen and oxygen atoms in total. The van der Waals surface area contributed by atoms with Crippen molar-refractivity contribution in [3.05, 3.63) is 89.3 Å².